The molecule has 2 aromatic rings. The molecule has 0 atom stereocenters. The first-order valence-electron chi connectivity index (χ1n) is 6.53. The largest absolute Gasteiger partial charge is 0.347 e. The van der Waals surface area contributed by atoms with Crippen LogP contribution in [-0.2, 0) is 16.6 Å². The molecule has 22 heavy (non-hydrogen) atoms. The Morgan fingerprint density at radius 1 is 1.32 bits per heavy atom. The molecule has 0 aliphatic heterocycles. The lowest BCUT2D eigenvalue weighted by Gasteiger charge is -2.08. The minimum atomic E-state index is -3.31. The van der Waals surface area contributed by atoms with E-state index in [9.17, 15) is 13.2 Å². The highest BCUT2D eigenvalue weighted by molar-refractivity contribution is 7.92. The molecule has 1 amide bonds. The maximum Gasteiger partial charge on any atom is 0.263 e. The number of thiazole rings is 1. The molecule has 8 heteroatoms. The monoisotopic (exact) mass is 339 g/mol. The van der Waals surface area contributed by atoms with Crippen LogP contribution < -0.4 is 10.0 Å². The Morgan fingerprint density at radius 2 is 2.05 bits per heavy atom. The first-order valence-corrected chi connectivity index (χ1v) is 9.24. The molecule has 2 rings (SSSR count). The van der Waals surface area contributed by atoms with Crippen molar-refractivity contribution in [3.8, 4) is 0 Å². The van der Waals surface area contributed by atoms with E-state index in [2.05, 4.69) is 15.0 Å². The number of aromatic nitrogens is 1. The van der Waals surface area contributed by atoms with Crippen molar-refractivity contribution in [2.75, 3.05) is 11.0 Å². The summed E-state index contributed by atoms with van der Waals surface area (Å²) in [5, 5.41) is 3.66. The van der Waals surface area contributed by atoms with Crippen LogP contribution >= 0.6 is 11.3 Å². The van der Waals surface area contributed by atoms with E-state index in [0.717, 1.165) is 16.8 Å². The number of hydrogen-bond acceptors (Lipinski definition) is 5. The Labute approximate surface area is 133 Å². The SMILES string of the molecule is Cc1nc(C)c(C(=O)NCc2cccc(NS(C)(=O)=O)c2)s1. The van der Waals surface area contributed by atoms with Crippen LogP contribution in [0.25, 0.3) is 0 Å². The second-order valence-electron chi connectivity index (χ2n) is 4.90. The van der Waals surface area contributed by atoms with Crippen LogP contribution in [0.3, 0.4) is 0 Å². The third-order valence-electron chi connectivity index (χ3n) is 2.79. The molecule has 0 aliphatic rings. The fourth-order valence-corrected chi connectivity index (χ4v) is 3.35. The van der Waals surface area contributed by atoms with Crippen molar-refractivity contribution in [1.29, 1.82) is 0 Å². The molecule has 0 unspecified atom stereocenters. The summed E-state index contributed by atoms with van der Waals surface area (Å²) in [6.45, 7) is 3.97. The highest BCUT2D eigenvalue weighted by atomic mass is 32.2. The number of anilines is 1. The Balaban J connectivity index is 2.04. The quantitative estimate of drug-likeness (QED) is 0.873. The van der Waals surface area contributed by atoms with E-state index in [1.165, 1.54) is 11.3 Å². The molecular formula is C14H17N3O3S2. The van der Waals surface area contributed by atoms with E-state index in [-0.39, 0.29) is 5.91 Å². The van der Waals surface area contributed by atoms with Crippen molar-refractivity contribution in [1.82, 2.24) is 10.3 Å². The molecule has 0 aliphatic carbocycles. The molecular weight excluding hydrogens is 322 g/mol. The van der Waals surface area contributed by atoms with E-state index in [1.54, 1.807) is 25.1 Å². The molecule has 6 nitrogen and oxygen atoms in total. The lowest BCUT2D eigenvalue weighted by molar-refractivity contribution is 0.0954. The topological polar surface area (TPSA) is 88.2 Å². The first kappa shape index (κ1) is 16.4. The van der Waals surface area contributed by atoms with Gasteiger partial charge in [0, 0.05) is 12.2 Å². The normalized spacial score (nSPS) is 11.2. The fraction of sp³-hybridized carbons (Fsp3) is 0.286. The Kier molecular flexibility index (Phi) is 4.82. The van der Waals surface area contributed by atoms with Gasteiger partial charge in [-0.2, -0.15) is 0 Å². The van der Waals surface area contributed by atoms with Crippen LogP contribution in [-0.4, -0.2) is 25.6 Å². The van der Waals surface area contributed by atoms with E-state index in [4.69, 9.17) is 0 Å². The highest BCUT2D eigenvalue weighted by Gasteiger charge is 2.13. The van der Waals surface area contributed by atoms with E-state index >= 15 is 0 Å². The van der Waals surface area contributed by atoms with Gasteiger partial charge in [-0.05, 0) is 31.5 Å². The van der Waals surface area contributed by atoms with Crippen LogP contribution in [0.1, 0.15) is 25.9 Å². The number of sulfonamides is 1. The zero-order chi connectivity index (χ0) is 16.3. The zero-order valence-electron chi connectivity index (χ0n) is 12.5. The van der Waals surface area contributed by atoms with E-state index in [0.29, 0.717) is 22.8 Å². The van der Waals surface area contributed by atoms with Gasteiger partial charge in [0.25, 0.3) is 5.91 Å². The van der Waals surface area contributed by atoms with E-state index in [1.807, 2.05) is 13.0 Å². The van der Waals surface area contributed by atoms with Crippen LogP contribution in [0.2, 0.25) is 0 Å². The molecule has 118 valence electrons. The summed E-state index contributed by atoms with van der Waals surface area (Å²) in [6.07, 6.45) is 1.09. The Hall–Kier alpha value is -1.93. The van der Waals surface area contributed by atoms with Gasteiger partial charge in [-0.1, -0.05) is 12.1 Å². The number of aryl methyl sites for hydroxylation is 2. The van der Waals surface area contributed by atoms with Crippen LogP contribution in [0.15, 0.2) is 24.3 Å². The van der Waals surface area contributed by atoms with Crippen LogP contribution in [0, 0.1) is 13.8 Å². The van der Waals surface area contributed by atoms with Crippen molar-refractivity contribution in [2.45, 2.75) is 20.4 Å². The van der Waals surface area contributed by atoms with Crippen molar-refractivity contribution >= 4 is 33.0 Å². The molecule has 2 N–H and O–H groups in total. The standard InChI is InChI=1S/C14H17N3O3S2/c1-9-13(21-10(2)16-9)14(18)15-8-11-5-4-6-12(7-11)17-22(3,19)20/h4-7,17H,8H2,1-3H3,(H,15,18). The Morgan fingerprint density at radius 3 is 2.64 bits per heavy atom. The average Bonchev–Trinajstić information content (AvgIpc) is 2.73. The molecule has 0 bridgehead atoms. The van der Waals surface area contributed by atoms with Crippen molar-refractivity contribution in [3.63, 3.8) is 0 Å². The molecule has 1 aromatic carbocycles. The maximum atomic E-state index is 12.1. The number of carbonyl (C=O) groups is 1. The maximum absolute atomic E-state index is 12.1. The number of rotatable bonds is 5. The summed E-state index contributed by atoms with van der Waals surface area (Å²) < 4.78 is 24.8. The van der Waals surface area contributed by atoms with Gasteiger partial charge >= 0.3 is 0 Å². The van der Waals surface area contributed by atoms with Crippen molar-refractivity contribution in [3.05, 3.63) is 45.4 Å². The molecule has 0 radical (unpaired) electrons. The van der Waals surface area contributed by atoms with Gasteiger partial charge in [0.1, 0.15) is 4.88 Å². The molecule has 0 saturated heterocycles. The van der Waals surface area contributed by atoms with Gasteiger partial charge in [-0.25, -0.2) is 13.4 Å². The summed E-state index contributed by atoms with van der Waals surface area (Å²) in [5.74, 6) is -0.176. The fourth-order valence-electron chi connectivity index (χ4n) is 1.96. The molecule has 1 aromatic heterocycles. The van der Waals surface area contributed by atoms with E-state index < -0.39 is 10.0 Å². The van der Waals surface area contributed by atoms with Gasteiger partial charge in [-0.3, -0.25) is 9.52 Å². The number of nitrogens with one attached hydrogen (secondary N) is 2. The third-order valence-corrected chi connectivity index (χ3v) is 4.47. The first-order chi connectivity index (χ1) is 10.2. The number of hydrogen-bond donors (Lipinski definition) is 2. The van der Waals surface area contributed by atoms with Crippen molar-refractivity contribution < 1.29 is 13.2 Å². The Bertz CT molecular complexity index is 797. The second kappa shape index (κ2) is 6.45. The summed E-state index contributed by atoms with van der Waals surface area (Å²) in [7, 11) is -3.31. The molecule has 0 fully saturated rings. The summed E-state index contributed by atoms with van der Waals surface area (Å²) in [6, 6.07) is 6.89. The third kappa shape index (κ3) is 4.54. The van der Waals surface area contributed by atoms with Crippen LogP contribution in [0.4, 0.5) is 5.69 Å². The molecule has 0 saturated carbocycles. The van der Waals surface area contributed by atoms with Gasteiger partial charge in [0.2, 0.25) is 10.0 Å². The zero-order valence-corrected chi connectivity index (χ0v) is 14.1. The van der Waals surface area contributed by atoms with Gasteiger partial charge in [-0.15, -0.1) is 11.3 Å². The average molecular weight is 339 g/mol. The minimum Gasteiger partial charge on any atom is -0.347 e. The van der Waals surface area contributed by atoms with Gasteiger partial charge in [0.15, 0.2) is 0 Å². The predicted molar refractivity (Wildman–Crippen MR) is 87.7 cm³/mol. The van der Waals surface area contributed by atoms with Crippen LogP contribution in [0.5, 0.6) is 0 Å². The van der Waals surface area contributed by atoms with Gasteiger partial charge < -0.3 is 5.32 Å². The van der Waals surface area contributed by atoms with Crippen molar-refractivity contribution in [2.24, 2.45) is 0 Å². The number of nitrogens with zero attached hydrogens (tertiary/aromatic N) is 1. The minimum absolute atomic E-state index is 0.176. The number of amides is 1. The molecule has 1 heterocycles. The smallest absolute Gasteiger partial charge is 0.263 e. The predicted octanol–water partition coefficient (Wildman–Crippen LogP) is 2.06. The van der Waals surface area contributed by atoms with Gasteiger partial charge in [0.05, 0.1) is 17.0 Å². The number of carbonyl (C=O) groups excluding carboxylic acids is 1. The highest BCUT2D eigenvalue weighted by Crippen LogP contribution is 2.17. The molecule has 0 spiro atoms. The lowest BCUT2D eigenvalue weighted by Crippen LogP contribution is -2.22. The lowest BCUT2D eigenvalue weighted by atomic mass is 10.2. The summed E-state index contributed by atoms with van der Waals surface area (Å²) >= 11 is 1.35. The second-order valence-corrected chi connectivity index (χ2v) is 7.86. The summed E-state index contributed by atoms with van der Waals surface area (Å²) in [4.78, 5) is 16.9. The summed E-state index contributed by atoms with van der Waals surface area (Å²) in [5.41, 5.74) is 1.99. The number of benzene rings is 1.